The van der Waals surface area contributed by atoms with Gasteiger partial charge in [0.1, 0.15) is 32.9 Å². The van der Waals surface area contributed by atoms with Crippen molar-refractivity contribution in [1.82, 2.24) is 40.7 Å². The minimum absolute atomic E-state index is 0.0268. The number of ether oxygens (including phenoxy) is 2. The largest absolute Gasteiger partial charge is 0.496 e. The number of hydrogen-bond donors (Lipinski definition) is 3. The van der Waals surface area contributed by atoms with Crippen LogP contribution in [0.25, 0.3) is 48.3 Å². The summed E-state index contributed by atoms with van der Waals surface area (Å²) in [6.07, 6.45) is 14.1. The molecule has 2 fully saturated rings. The number of nitrogens with zero attached hydrogens (tertiary/aromatic N) is 5. The summed E-state index contributed by atoms with van der Waals surface area (Å²) in [5.41, 5.74) is 6.74. The molecule has 0 spiro atoms. The minimum Gasteiger partial charge on any atom is -0.496 e. The molecular formula is C60H62Cl2F2N8O4S2. The Kier molecular flexibility index (Phi) is 18.4. The first-order valence-electron chi connectivity index (χ1n) is 26.0. The van der Waals surface area contributed by atoms with E-state index in [1.54, 1.807) is 51.0 Å². The summed E-state index contributed by atoms with van der Waals surface area (Å²) in [6, 6.07) is 26.6. The molecule has 18 heteroatoms. The molecule has 2 aliphatic rings. The zero-order chi connectivity index (χ0) is 55.0. The van der Waals surface area contributed by atoms with Crippen LogP contribution in [0.15, 0.2) is 116 Å². The molecule has 0 radical (unpaired) electrons. The molecule has 2 aliphatic carbocycles. The monoisotopic (exact) mass is 1130 g/mol. The molecule has 4 aromatic heterocycles. The molecule has 8 aromatic rings. The second-order valence-corrected chi connectivity index (χ2v) is 22.3. The Morgan fingerprint density at radius 1 is 0.667 bits per heavy atom. The van der Waals surface area contributed by atoms with E-state index in [0.29, 0.717) is 40.0 Å². The van der Waals surface area contributed by atoms with Crippen LogP contribution in [0, 0.1) is 11.6 Å². The highest BCUT2D eigenvalue weighted by Crippen LogP contribution is 2.42. The fourth-order valence-electron chi connectivity index (χ4n) is 10.6. The Morgan fingerprint density at radius 2 is 1.23 bits per heavy atom. The van der Waals surface area contributed by atoms with Gasteiger partial charge in [-0.2, -0.15) is 0 Å². The van der Waals surface area contributed by atoms with Crippen LogP contribution in [-0.4, -0.2) is 96.1 Å². The Hall–Kier alpha value is -6.53. The summed E-state index contributed by atoms with van der Waals surface area (Å²) < 4.78 is 41.8. The zero-order valence-electron chi connectivity index (χ0n) is 44.2. The van der Waals surface area contributed by atoms with Crippen molar-refractivity contribution in [3.63, 3.8) is 0 Å². The van der Waals surface area contributed by atoms with E-state index < -0.39 is 11.6 Å². The number of fused-ring (bicyclic) bond motifs is 2. The molecule has 0 unspecified atom stereocenters. The fourth-order valence-corrected chi connectivity index (χ4v) is 13.6. The molecule has 0 saturated heterocycles. The maximum Gasteiger partial charge on any atom is 0.266 e. The van der Waals surface area contributed by atoms with Gasteiger partial charge in [-0.15, -0.1) is 22.7 Å². The van der Waals surface area contributed by atoms with Crippen molar-refractivity contribution >= 4 is 83.6 Å². The van der Waals surface area contributed by atoms with Gasteiger partial charge in [-0.05, 0) is 137 Å². The van der Waals surface area contributed by atoms with Crippen LogP contribution in [0.1, 0.15) is 87.5 Å². The third-order valence-electron chi connectivity index (χ3n) is 15.0. The van der Waals surface area contributed by atoms with Gasteiger partial charge in [-0.25, -0.2) is 8.78 Å². The molecule has 4 aromatic carbocycles. The molecule has 10 rings (SSSR count). The SMILES string of the molecule is C=C(NC)c1cc(-c2ccc(OC)c(CN(C(=O)c3sc4c(F)ccc(F)c4c3Cl)C3CCC(NC)CC3)c2)ccn1.CNC1CCC(N(Cc2cc(-c3cnccn3)ccc2OC)C(=O)c2sc3ccccc3c2Cl)CC1. The lowest BCUT2D eigenvalue weighted by molar-refractivity contribution is 0.0598. The lowest BCUT2D eigenvalue weighted by atomic mass is 9.89. The van der Waals surface area contributed by atoms with Crippen LogP contribution < -0.4 is 25.4 Å². The van der Waals surface area contributed by atoms with Crippen LogP contribution in [0.3, 0.4) is 0 Å². The molecule has 3 N–H and O–H groups in total. The lowest BCUT2D eigenvalue weighted by Crippen LogP contribution is -2.44. The highest BCUT2D eigenvalue weighted by Gasteiger charge is 2.35. The first kappa shape index (κ1) is 56.2. The van der Waals surface area contributed by atoms with E-state index in [2.05, 4.69) is 43.5 Å². The third-order valence-corrected chi connectivity index (χ3v) is 18.4. The average molecular weight is 1130 g/mol. The van der Waals surface area contributed by atoms with Gasteiger partial charge in [-0.3, -0.25) is 24.5 Å². The zero-order valence-corrected chi connectivity index (χ0v) is 47.3. The first-order valence-corrected chi connectivity index (χ1v) is 28.4. The number of benzene rings is 4. The number of methoxy groups -OCH3 is 2. The Labute approximate surface area is 471 Å². The van der Waals surface area contributed by atoms with E-state index in [1.807, 2.05) is 85.7 Å². The van der Waals surface area contributed by atoms with Crippen molar-refractivity contribution in [2.24, 2.45) is 0 Å². The highest BCUT2D eigenvalue weighted by molar-refractivity contribution is 7.22. The standard InChI is InChI=1S/C32H33ClF2N4O2S.C28H29ClN4O2S/c1-18(36-2)26-16-20(13-14-38-26)19-5-12-27(41-4)21(15-19)17-39(23-8-6-22(37-3)7-9-23)32(40)31-29(33)28-24(34)10-11-25(35)30(28)42-31;1-30-20-8-10-21(11-9-20)33(28(34)27-26(29)22-5-3-4-6-25(22)36-27)17-19-15-18(7-12-24(19)35-2)23-16-31-13-14-32-23/h5,10-16,22-23,36-37H,1,6-9,17H2,2-4H3;3-7,12-16,20-21,30H,8-11,17H2,1-2H3. The smallest absolute Gasteiger partial charge is 0.266 e. The fraction of sp³-hybridized carbons (Fsp3) is 0.317. The maximum atomic E-state index is 14.7. The van der Waals surface area contributed by atoms with Crippen molar-refractivity contribution in [3.8, 4) is 33.9 Å². The molecule has 78 heavy (non-hydrogen) atoms. The number of nitrogens with one attached hydrogen (secondary N) is 3. The number of halogens is 4. The second kappa shape index (κ2) is 25.5. The number of rotatable bonds is 16. The maximum absolute atomic E-state index is 14.7. The molecule has 2 amide bonds. The molecule has 12 nitrogen and oxygen atoms in total. The van der Waals surface area contributed by atoms with Gasteiger partial charge in [0.15, 0.2) is 0 Å². The number of carbonyl (C=O) groups is 2. The number of thiophene rings is 2. The summed E-state index contributed by atoms with van der Waals surface area (Å²) >= 11 is 15.7. The average Bonchev–Trinajstić information content (AvgIpc) is 4.11. The number of carbonyl (C=O) groups excluding carboxylic acids is 2. The molecule has 0 aliphatic heterocycles. The first-order chi connectivity index (χ1) is 37.8. The Balaban J connectivity index is 0.000000192. The van der Waals surface area contributed by atoms with Crippen molar-refractivity contribution in [2.45, 2.75) is 88.6 Å². The Bertz CT molecular complexity index is 3440. The van der Waals surface area contributed by atoms with Gasteiger partial charge < -0.3 is 35.2 Å². The molecule has 4 heterocycles. The van der Waals surface area contributed by atoms with Gasteiger partial charge >= 0.3 is 0 Å². The molecule has 0 bridgehead atoms. The van der Waals surface area contributed by atoms with Gasteiger partial charge in [0.25, 0.3) is 11.8 Å². The van der Waals surface area contributed by atoms with E-state index in [0.717, 1.165) is 130 Å². The highest BCUT2D eigenvalue weighted by atomic mass is 35.5. The minimum atomic E-state index is -0.653. The predicted octanol–water partition coefficient (Wildman–Crippen LogP) is 13.5. The van der Waals surface area contributed by atoms with Crippen molar-refractivity contribution in [3.05, 3.63) is 165 Å². The quantitative estimate of drug-likeness (QED) is 0.0859. The van der Waals surface area contributed by atoms with Gasteiger partial charge in [-0.1, -0.05) is 54.0 Å². The summed E-state index contributed by atoms with van der Waals surface area (Å²) in [6.45, 7) is 4.67. The van der Waals surface area contributed by atoms with E-state index in [4.69, 9.17) is 32.7 Å². The van der Waals surface area contributed by atoms with Crippen LogP contribution in [0.5, 0.6) is 11.5 Å². The summed E-state index contributed by atoms with van der Waals surface area (Å²) in [4.78, 5) is 45.9. The van der Waals surface area contributed by atoms with E-state index >= 15 is 0 Å². The topological polar surface area (TPSA) is 134 Å². The van der Waals surface area contributed by atoms with E-state index in [1.165, 1.54) is 11.3 Å². The lowest BCUT2D eigenvalue weighted by Gasteiger charge is -2.37. The normalized spacial score (nSPS) is 17.2. The predicted molar refractivity (Wildman–Crippen MR) is 312 cm³/mol. The third kappa shape index (κ3) is 12.2. The molecule has 2 saturated carbocycles. The van der Waals surface area contributed by atoms with Gasteiger partial charge in [0.2, 0.25) is 0 Å². The number of hydrogen-bond acceptors (Lipinski definition) is 12. The molecule has 0 atom stereocenters. The van der Waals surface area contributed by atoms with Crippen LogP contribution in [0.4, 0.5) is 8.78 Å². The van der Waals surface area contributed by atoms with Crippen LogP contribution in [-0.2, 0) is 13.1 Å². The van der Waals surface area contributed by atoms with Crippen molar-refractivity contribution < 1.29 is 27.8 Å². The van der Waals surface area contributed by atoms with Crippen molar-refractivity contribution in [2.75, 3.05) is 35.4 Å². The summed E-state index contributed by atoms with van der Waals surface area (Å²) in [7, 11) is 9.00. The number of aromatic nitrogens is 3. The molecular weight excluding hydrogens is 1070 g/mol. The Morgan fingerprint density at radius 3 is 1.78 bits per heavy atom. The van der Waals surface area contributed by atoms with Crippen LogP contribution >= 0.6 is 45.9 Å². The number of amides is 2. The van der Waals surface area contributed by atoms with E-state index in [-0.39, 0.29) is 50.4 Å². The van der Waals surface area contributed by atoms with Gasteiger partial charge in [0.05, 0.1) is 57.6 Å². The summed E-state index contributed by atoms with van der Waals surface area (Å²) in [5.74, 6) is -0.260. The number of pyridine rings is 1. The summed E-state index contributed by atoms with van der Waals surface area (Å²) in [5, 5.41) is 11.1. The van der Waals surface area contributed by atoms with Gasteiger partial charge in [0, 0.05) is 89.7 Å². The van der Waals surface area contributed by atoms with Crippen LogP contribution in [0.2, 0.25) is 10.0 Å². The second-order valence-electron chi connectivity index (χ2n) is 19.5. The van der Waals surface area contributed by atoms with E-state index in [9.17, 15) is 18.4 Å². The van der Waals surface area contributed by atoms with Crippen molar-refractivity contribution in [1.29, 1.82) is 0 Å². The molecule has 406 valence electrons.